The molecule has 0 atom stereocenters. The second-order valence-corrected chi connectivity index (χ2v) is 10.0. The van der Waals surface area contributed by atoms with E-state index in [0.717, 1.165) is 0 Å². The number of thioether (sulfide) groups is 1. The summed E-state index contributed by atoms with van der Waals surface area (Å²) in [5.41, 5.74) is 1.31. The molecule has 1 amide bonds. The molecule has 0 unspecified atom stereocenters. The maximum Gasteiger partial charge on any atom is 0.339 e. The summed E-state index contributed by atoms with van der Waals surface area (Å²) in [6.07, 6.45) is 1.66. The van der Waals surface area contributed by atoms with Gasteiger partial charge in [-0.2, -0.15) is 8.42 Å². The van der Waals surface area contributed by atoms with Crippen molar-refractivity contribution in [3.8, 4) is 5.75 Å². The van der Waals surface area contributed by atoms with Gasteiger partial charge in [0.25, 0.3) is 5.91 Å². The minimum Gasteiger partial charge on any atom is -0.377 e. The summed E-state index contributed by atoms with van der Waals surface area (Å²) in [6, 6.07) is 21.5. The molecule has 156 valence electrons. The first-order valence-electron chi connectivity index (χ1n) is 8.97. The molecular weight excluding hydrogens is 474 g/mol. The topological polar surface area (TPSA) is 63.7 Å². The average molecular weight is 488 g/mol. The minimum atomic E-state index is -4.01. The highest BCUT2D eigenvalue weighted by Gasteiger charge is 2.33. The van der Waals surface area contributed by atoms with E-state index in [4.69, 9.17) is 28.0 Å². The van der Waals surface area contributed by atoms with Gasteiger partial charge in [-0.05, 0) is 48.0 Å². The summed E-state index contributed by atoms with van der Waals surface area (Å²) in [7, 11) is -4.01. The van der Waals surface area contributed by atoms with Gasteiger partial charge < -0.3 is 4.18 Å². The molecule has 0 spiro atoms. The Hall–Kier alpha value is -2.65. The number of halogens is 1. The fraction of sp³-hybridized carbons (Fsp3) is 0. The van der Waals surface area contributed by atoms with Gasteiger partial charge >= 0.3 is 10.1 Å². The molecule has 0 aromatic heterocycles. The van der Waals surface area contributed by atoms with Gasteiger partial charge in [-0.3, -0.25) is 9.69 Å². The molecule has 1 aliphatic rings. The van der Waals surface area contributed by atoms with Crippen LogP contribution >= 0.6 is 35.6 Å². The van der Waals surface area contributed by atoms with Crippen LogP contribution in [0.25, 0.3) is 6.08 Å². The van der Waals surface area contributed by atoms with Gasteiger partial charge in [-0.25, -0.2) is 0 Å². The fourth-order valence-electron chi connectivity index (χ4n) is 2.85. The maximum atomic E-state index is 12.8. The standard InChI is InChI=1S/C22H14ClNO4S3/c23-18-13-15(11-12-19(18)28-31(26,27)17-9-5-2-6-10-17)14-20-21(25)24(22(29)30-20)16-7-3-1-4-8-16/h1-14H/b20-14-. The lowest BCUT2D eigenvalue weighted by atomic mass is 10.2. The van der Waals surface area contributed by atoms with Crippen LogP contribution in [0.5, 0.6) is 5.75 Å². The molecule has 1 saturated heterocycles. The smallest absolute Gasteiger partial charge is 0.339 e. The van der Waals surface area contributed by atoms with Crippen molar-refractivity contribution in [2.45, 2.75) is 4.90 Å². The van der Waals surface area contributed by atoms with Crippen molar-refractivity contribution in [2.24, 2.45) is 0 Å². The molecule has 31 heavy (non-hydrogen) atoms. The zero-order valence-electron chi connectivity index (χ0n) is 15.8. The monoisotopic (exact) mass is 487 g/mol. The molecule has 1 heterocycles. The molecule has 1 aliphatic heterocycles. The molecule has 0 bridgehead atoms. The molecule has 3 aromatic carbocycles. The van der Waals surface area contributed by atoms with Crippen molar-refractivity contribution >= 4 is 67.7 Å². The van der Waals surface area contributed by atoms with Crippen LogP contribution in [-0.4, -0.2) is 18.6 Å². The molecule has 0 radical (unpaired) electrons. The third-order valence-electron chi connectivity index (χ3n) is 4.29. The number of hydrogen-bond donors (Lipinski definition) is 0. The van der Waals surface area contributed by atoms with Crippen LogP contribution in [0.15, 0.2) is 88.7 Å². The van der Waals surface area contributed by atoms with Crippen molar-refractivity contribution in [1.29, 1.82) is 0 Å². The molecular formula is C22H14ClNO4S3. The van der Waals surface area contributed by atoms with Crippen LogP contribution in [0.1, 0.15) is 5.56 Å². The van der Waals surface area contributed by atoms with Crippen LogP contribution in [0.4, 0.5) is 5.69 Å². The average Bonchev–Trinajstić information content (AvgIpc) is 3.04. The van der Waals surface area contributed by atoms with Crippen LogP contribution in [-0.2, 0) is 14.9 Å². The van der Waals surface area contributed by atoms with E-state index in [-0.39, 0.29) is 21.6 Å². The number of thiocarbonyl (C=S) groups is 1. The van der Waals surface area contributed by atoms with Gasteiger partial charge in [0.2, 0.25) is 0 Å². The van der Waals surface area contributed by atoms with E-state index >= 15 is 0 Å². The highest BCUT2D eigenvalue weighted by molar-refractivity contribution is 8.27. The Labute approximate surface area is 194 Å². The van der Waals surface area contributed by atoms with Gasteiger partial charge in [0.15, 0.2) is 10.1 Å². The summed E-state index contributed by atoms with van der Waals surface area (Å²) in [5, 5.41) is 0.104. The third-order valence-corrected chi connectivity index (χ3v) is 7.14. The molecule has 0 aliphatic carbocycles. The van der Waals surface area contributed by atoms with Crippen molar-refractivity contribution in [1.82, 2.24) is 0 Å². The van der Waals surface area contributed by atoms with Crippen molar-refractivity contribution in [2.75, 3.05) is 4.90 Å². The summed E-state index contributed by atoms with van der Waals surface area (Å²) in [6.45, 7) is 0. The first kappa shape index (κ1) is 21.6. The minimum absolute atomic E-state index is 0.000459. The summed E-state index contributed by atoms with van der Waals surface area (Å²) < 4.78 is 30.4. The molecule has 5 nitrogen and oxygen atoms in total. The molecule has 0 saturated carbocycles. The van der Waals surface area contributed by atoms with Crippen molar-refractivity contribution in [3.63, 3.8) is 0 Å². The van der Waals surface area contributed by atoms with E-state index in [1.165, 1.54) is 40.9 Å². The van der Waals surface area contributed by atoms with Crippen LogP contribution in [0, 0.1) is 0 Å². The largest absolute Gasteiger partial charge is 0.377 e. The lowest BCUT2D eigenvalue weighted by molar-refractivity contribution is -0.113. The van der Waals surface area contributed by atoms with E-state index in [0.29, 0.717) is 20.5 Å². The predicted molar refractivity (Wildman–Crippen MR) is 128 cm³/mol. The number of carbonyl (C=O) groups is 1. The van der Waals surface area contributed by atoms with E-state index in [9.17, 15) is 13.2 Å². The van der Waals surface area contributed by atoms with E-state index in [2.05, 4.69) is 0 Å². The summed E-state index contributed by atoms with van der Waals surface area (Å²) in [5.74, 6) is -0.233. The zero-order valence-corrected chi connectivity index (χ0v) is 19.0. The molecule has 0 N–H and O–H groups in total. The molecule has 9 heteroatoms. The van der Waals surface area contributed by atoms with Gasteiger partial charge in [0, 0.05) is 0 Å². The van der Waals surface area contributed by atoms with Gasteiger partial charge in [-0.15, -0.1) is 0 Å². The highest BCUT2D eigenvalue weighted by Crippen LogP contribution is 2.37. The number of hydrogen-bond acceptors (Lipinski definition) is 6. The first-order valence-corrected chi connectivity index (χ1v) is 12.0. The van der Waals surface area contributed by atoms with Crippen molar-refractivity contribution in [3.05, 3.63) is 94.4 Å². The Bertz CT molecular complexity index is 1290. The van der Waals surface area contributed by atoms with Crippen LogP contribution < -0.4 is 9.08 Å². The Morgan fingerprint density at radius 1 is 0.968 bits per heavy atom. The quantitative estimate of drug-likeness (QED) is 0.268. The Morgan fingerprint density at radius 3 is 2.26 bits per heavy atom. The van der Waals surface area contributed by atoms with Gasteiger partial charge in [-0.1, -0.05) is 78.0 Å². The van der Waals surface area contributed by atoms with E-state index in [1.54, 1.807) is 30.3 Å². The SMILES string of the molecule is O=C1/C(=C/c2ccc(OS(=O)(=O)c3ccccc3)c(Cl)c2)SC(=S)N1c1ccccc1. The lowest BCUT2D eigenvalue weighted by Gasteiger charge is -2.13. The Morgan fingerprint density at radius 2 is 1.61 bits per heavy atom. The van der Waals surface area contributed by atoms with Crippen LogP contribution in [0.3, 0.4) is 0 Å². The highest BCUT2D eigenvalue weighted by atomic mass is 35.5. The van der Waals surface area contributed by atoms with E-state index < -0.39 is 10.1 Å². The number of para-hydroxylation sites is 1. The maximum absolute atomic E-state index is 12.8. The second kappa shape index (κ2) is 8.84. The Balaban J connectivity index is 1.57. The number of carbonyl (C=O) groups excluding carboxylic acids is 1. The first-order chi connectivity index (χ1) is 14.8. The third kappa shape index (κ3) is 4.67. The van der Waals surface area contributed by atoms with Gasteiger partial charge in [0.1, 0.15) is 4.90 Å². The second-order valence-electron chi connectivity index (χ2n) is 6.39. The Kier molecular flexibility index (Phi) is 6.15. The number of rotatable bonds is 5. The van der Waals surface area contributed by atoms with E-state index in [1.807, 2.05) is 30.3 Å². The molecule has 4 rings (SSSR count). The number of benzene rings is 3. The van der Waals surface area contributed by atoms with Gasteiger partial charge in [0.05, 0.1) is 15.6 Å². The molecule has 1 fully saturated rings. The number of nitrogens with zero attached hydrogens (tertiary/aromatic N) is 1. The zero-order chi connectivity index (χ0) is 22.0. The molecule has 3 aromatic rings. The number of anilines is 1. The normalized spacial score (nSPS) is 15.5. The number of amides is 1. The summed E-state index contributed by atoms with van der Waals surface area (Å²) in [4.78, 5) is 14.8. The predicted octanol–water partition coefficient (Wildman–Crippen LogP) is 5.51. The summed E-state index contributed by atoms with van der Waals surface area (Å²) >= 11 is 12.8. The van der Waals surface area contributed by atoms with Crippen molar-refractivity contribution < 1.29 is 17.4 Å². The lowest BCUT2D eigenvalue weighted by Crippen LogP contribution is -2.27. The fourth-order valence-corrected chi connectivity index (χ4v) is 5.39. The van der Waals surface area contributed by atoms with Crippen LogP contribution in [0.2, 0.25) is 5.02 Å².